The predicted octanol–water partition coefficient (Wildman–Crippen LogP) is 3.22. The molecule has 1 aliphatic carbocycles. The van der Waals surface area contributed by atoms with Crippen LogP contribution in [0.5, 0.6) is 0 Å². The van der Waals surface area contributed by atoms with Gasteiger partial charge in [0.05, 0.1) is 0 Å². The molecule has 0 unspecified atom stereocenters. The molecule has 0 aromatic rings. The van der Waals surface area contributed by atoms with E-state index in [-0.39, 0.29) is 12.8 Å². The molecule has 0 spiro atoms. The maximum atomic E-state index is 11.1. The molecule has 56 valence electrons. The zero-order valence-corrected chi connectivity index (χ0v) is 6.08. The molecule has 0 aromatic carbocycles. The molecule has 0 N–H and O–H groups in total. The highest BCUT2D eigenvalue weighted by molar-refractivity contribution is 4.81. The lowest BCUT2D eigenvalue weighted by Crippen LogP contribution is -1.79. The van der Waals surface area contributed by atoms with Crippen molar-refractivity contribution in [2.75, 3.05) is 0 Å². The van der Waals surface area contributed by atoms with Crippen molar-refractivity contribution >= 4 is 0 Å². The highest BCUT2D eigenvalue weighted by Gasteiger charge is 2.43. The van der Waals surface area contributed by atoms with Crippen molar-refractivity contribution in [3.05, 3.63) is 0 Å². The van der Waals surface area contributed by atoms with Crippen molar-refractivity contribution in [1.82, 2.24) is 0 Å². The van der Waals surface area contributed by atoms with Gasteiger partial charge in [0, 0.05) is 12.8 Å². The van der Waals surface area contributed by atoms with Crippen molar-refractivity contribution in [3.63, 3.8) is 0 Å². The maximum Gasteiger partial charge on any atom is 0.248 e. The molecule has 1 rings (SSSR count). The molecule has 1 fully saturated rings. The smallest absolute Gasteiger partial charge is 0.207 e. The zero-order chi connectivity index (χ0) is 7.33. The second-order valence-electron chi connectivity index (χ2n) is 2.36. The fraction of sp³-hybridized carbons (Fsp3) is 1.00. The lowest BCUT2D eigenvalue weighted by atomic mass is 10.4. The Bertz CT molecular complexity index is 61.3. The van der Waals surface area contributed by atoms with Gasteiger partial charge in [0.2, 0.25) is 5.92 Å². The molecule has 0 atom stereocenters. The van der Waals surface area contributed by atoms with Crippen molar-refractivity contribution in [2.24, 2.45) is 0 Å². The number of unbranched alkanes of at least 4 members (excludes halogenated alkanes) is 1. The van der Waals surface area contributed by atoms with E-state index < -0.39 is 5.92 Å². The molecule has 0 saturated heterocycles. The largest absolute Gasteiger partial charge is 0.248 e. The van der Waals surface area contributed by atoms with E-state index in [0.29, 0.717) is 0 Å². The normalized spacial score (nSPS) is 20.0. The van der Waals surface area contributed by atoms with E-state index in [1.54, 1.807) is 0 Å². The fourth-order valence-corrected chi connectivity index (χ4v) is 0.0945. The van der Waals surface area contributed by atoms with Crippen LogP contribution in [-0.4, -0.2) is 5.92 Å². The van der Waals surface area contributed by atoms with Crippen LogP contribution in [0.3, 0.4) is 0 Å². The Kier molecular flexibility index (Phi) is 3.75. The molecule has 9 heavy (non-hydrogen) atoms. The standard InChI is InChI=1S/C4H10.C3H4F2/c1-3-4-2;4-3(5)1-2-3/h3-4H2,1-2H3;1-2H2. The van der Waals surface area contributed by atoms with Gasteiger partial charge in [-0.15, -0.1) is 0 Å². The van der Waals surface area contributed by atoms with E-state index in [4.69, 9.17) is 0 Å². The Morgan fingerprint density at radius 1 is 1.11 bits per heavy atom. The third-order valence-electron chi connectivity index (χ3n) is 1.13. The molecule has 1 aliphatic rings. The molecule has 0 heterocycles. The Labute approximate surface area is 55.3 Å². The van der Waals surface area contributed by atoms with E-state index in [9.17, 15) is 8.78 Å². The summed E-state index contributed by atoms with van der Waals surface area (Å²) in [4.78, 5) is 0. The van der Waals surface area contributed by atoms with Gasteiger partial charge in [-0.1, -0.05) is 26.7 Å². The van der Waals surface area contributed by atoms with Crippen molar-refractivity contribution < 1.29 is 8.78 Å². The summed E-state index contributed by atoms with van der Waals surface area (Å²) in [6, 6.07) is 0. The third-order valence-corrected chi connectivity index (χ3v) is 1.13. The van der Waals surface area contributed by atoms with Gasteiger partial charge in [-0.3, -0.25) is 0 Å². The van der Waals surface area contributed by atoms with E-state index in [0.717, 1.165) is 0 Å². The first kappa shape index (κ1) is 8.86. The molecule has 0 amide bonds. The first-order valence-electron chi connectivity index (χ1n) is 3.50. The first-order chi connectivity index (χ1) is 4.12. The number of hydrogen-bond acceptors (Lipinski definition) is 0. The molecule has 0 nitrogen and oxygen atoms in total. The van der Waals surface area contributed by atoms with Gasteiger partial charge in [0.25, 0.3) is 0 Å². The van der Waals surface area contributed by atoms with Crippen LogP contribution >= 0.6 is 0 Å². The van der Waals surface area contributed by atoms with Gasteiger partial charge < -0.3 is 0 Å². The summed E-state index contributed by atoms with van der Waals surface area (Å²) in [5, 5.41) is 0. The van der Waals surface area contributed by atoms with Crippen LogP contribution in [0.2, 0.25) is 0 Å². The number of hydrogen-bond donors (Lipinski definition) is 0. The van der Waals surface area contributed by atoms with Crippen LogP contribution in [0, 0.1) is 0 Å². The van der Waals surface area contributed by atoms with E-state index in [1.165, 1.54) is 12.8 Å². The summed E-state index contributed by atoms with van der Waals surface area (Å²) in [6.45, 7) is 4.36. The molecular formula is C7H14F2. The highest BCUT2D eigenvalue weighted by atomic mass is 19.3. The van der Waals surface area contributed by atoms with Gasteiger partial charge in [0.1, 0.15) is 0 Å². The van der Waals surface area contributed by atoms with Crippen LogP contribution < -0.4 is 0 Å². The Morgan fingerprint density at radius 2 is 1.33 bits per heavy atom. The molecule has 1 saturated carbocycles. The van der Waals surface area contributed by atoms with Gasteiger partial charge in [-0.2, -0.15) is 0 Å². The molecular weight excluding hydrogens is 122 g/mol. The zero-order valence-electron chi connectivity index (χ0n) is 6.08. The highest BCUT2D eigenvalue weighted by Crippen LogP contribution is 2.40. The lowest BCUT2D eigenvalue weighted by molar-refractivity contribution is 0.120. The van der Waals surface area contributed by atoms with Crippen LogP contribution in [-0.2, 0) is 0 Å². The van der Waals surface area contributed by atoms with Crippen molar-refractivity contribution in [3.8, 4) is 0 Å². The second kappa shape index (κ2) is 3.80. The van der Waals surface area contributed by atoms with E-state index in [1.807, 2.05) is 0 Å². The van der Waals surface area contributed by atoms with Gasteiger partial charge in [-0.25, -0.2) is 8.78 Å². The van der Waals surface area contributed by atoms with E-state index in [2.05, 4.69) is 13.8 Å². The van der Waals surface area contributed by atoms with Crippen LogP contribution in [0.25, 0.3) is 0 Å². The minimum Gasteiger partial charge on any atom is -0.207 e. The molecule has 0 bridgehead atoms. The lowest BCUT2D eigenvalue weighted by Gasteiger charge is -1.76. The molecule has 0 aromatic heterocycles. The predicted molar refractivity (Wildman–Crippen MR) is 34.8 cm³/mol. The Hall–Kier alpha value is -0.140. The molecule has 2 heteroatoms. The number of rotatable bonds is 1. The first-order valence-corrected chi connectivity index (χ1v) is 3.50. The third kappa shape index (κ3) is 7.86. The SMILES string of the molecule is CCCC.FC1(F)CC1. The summed E-state index contributed by atoms with van der Waals surface area (Å²) in [7, 11) is 0. The minimum absolute atomic E-state index is 0.118. The van der Waals surface area contributed by atoms with Crippen molar-refractivity contribution in [1.29, 1.82) is 0 Å². The van der Waals surface area contributed by atoms with Gasteiger partial charge in [0.15, 0.2) is 0 Å². The Morgan fingerprint density at radius 3 is 1.33 bits per heavy atom. The fourth-order valence-electron chi connectivity index (χ4n) is 0.0945. The quantitative estimate of drug-likeness (QED) is 0.519. The minimum atomic E-state index is -2.25. The summed E-state index contributed by atoms with van der Waals surface area (Å²) >= 11 is 0. The van der Waals surface area contributed by atoms with Crippen LogP contribution in [0.4, 0.5) is 8.78 Å². The summed E-state index contributed by atoms with van der Waals surface area (Å²) in [5.41, 5.74) is 0. The average molecular weight is 136 g/mol. The van der Waals surface area contributed by atoms with Crippen LogP contribution in [0.1, 0.15) is 39.5 Å². The molecule has 0 radical (unpaired) electrons. The molecule has 0 aliphatic heterocycles. The topological polar surface area (TPSA) is 0 Å². The second-order valence-corrected chi connectivity index (χ2v) is 2.36. The maximum absolute atomic E-state index is 11.1. The average Bonchev–Trinajstić information content (AvgIpc) is 2.47. The number of halogens is 2. The van der Waals surface area contributed by atoms with Crippen LogP contribution in [0.15, 0.2) is 0 Å². The monoisotopic (exact) mass is 136 g/mol. The van der Waals surface area contributed by atoms with Gasteiger partial charge >= 0.3 is 0 Å². The van der Waals surface area contributed by atoms with E-state index >= 15 is 0 Å². The number of alkyl halides is 2. The van der Waals surface area contributed by atoms with Gasteiger partial charge in [-0.05, 0) is 0 Å². The van der Waals surface area contributed by atoms with Crippen molar-refractivity contribution in [2.45, 2.75) is 45.5 Å². The summed E-state index contributed by atoms with van der Waals surface area (Å²) in [6.07, 6.45) is 2.88. The summed E-state index contributed by atoms with van der Waals surface area (Å²) < 4.78 is 22.3. The Balaban J connectivity index is 0.000000148. The summed E-state index contributed by atoms with van der Waals surface area (Å²) in [5.74, 6) is -2.25.